The summed E-state index contributed by atoms with van der Waals surface area (Å²) in [6.07, 6.45) is 1.70. The predicted octanol–water partition coefficient (Wildman–Crippen LogP) is 3.65. The van der Waals surface area contributed by atoms with E-state index in [2.05, 4.69) is 16.2 Å². The van der Waals surface area contributed by atoms with Crippen LogP contribution in [0.25, 0.3) is 0 Å². The highest BCUT2D eigenvalue weighted by Gasteiger charge is 2.23. The Morgan fingerprint density at radius 2 is 2.14 bits per heavy atom. The number of hydrogen-bond acceptors (Lipinski definition) is 6. The van der Waals surface area contributed by atoms with E-state index in [0.29, 0.717) is 28.9 Å². The zero-order valence-corrected chi connectivity index (χ0v) is 17.1. The lowest BCUT2D eigenvalue weighted by molar-refractivity contribution is 0.322. The summed E-state index contributed by atoms with van der Waals surface area (Å²) in [4.78, 5) is 4.99. The molecule has 2 heterocycles. The Morgan fingerprint density at radius 3 is 2.86 bits per heavy atom. The molecule has 0 radical (unpaired) electrons. The molecule has 0 bridgehead atoms. The number of fused-ring (bicyclic) bond motifs is 1. The van der Waals surface area contributed by atoms with Gasteiger partial charge in [-0.3, -0.25) is 4.31 Å². The molecule has 0 saturated heterocycles. The quantitative estimate of drug-likeness (QED) is 0.623. The molecular formula is C20H21N3O3S2. The summed E-state index contributed by atoms with van der Waals surface area (Å²) in [7, 11) is -1.20. The van der Waals surface area contributed by atoms with Crippen LogP contribution in [0.5, 0.6) is 11.5 Å². The zero-order valence-electron chi connectivity index (χ0n) is 15.5. The molecule has 0 saturated carbocycles. The monoisotopic (exact) mass is 415 g/mol. The number of nitrogens with one attached hydrogen (secondary N) is 1. The highest BCUT2D eigenvalue weighted by atomic mass is 32.2. The summed E-state index contributed by atoms with van der Waals surface area (Å²) >= 11 is 1.44. The SMILES string of the molecule is C=S(=O)(c1ccc2c(c1)OCCN2)N(Cc1ccc(OC)cc1)c1nccs1. The lowest BCUT2D eigenvalue weighted by Gasteiger charge is -2.27. The first kappa shape index (κ1) is 18.6. The molecule has 1 aromatic heterocycles. The Kier molecular flexibility index (Phi) is 5.15. The second-order valence-electron chi connectivity index (χ2n) is 6.27. The van der Waals surface area contributed by atoms with Gasteiger partial charge in [0.2, 0.25) is 0 Å². The summed E-state index contributed by atoms with van der Waals surface area (Å²) in [5.41, 5.74) is 1.89. The summed E-state index contributed by atoms with van der Waals surface area (Å²) < 4.78 is 26.6. The van der Waals surface area contributed by atoms with Crippen LogP contribution in [0.1, 0.15) is 5.56 Å². The van der Waals surface area contributed by atoms with E-state index in [-0.39, 0.29) is 0 Å². The summed E-state index contributed by atoms with van der Waals surface area (Å²) in [6, 6.07) is 13.2. The maximum atomic E-state index is 13.9. The summed E-state index contributed by atoms with van der Waals surface area (Å²) in [6.45, 7) is 1.75. The number of benzene rings is 2. The van der Waals surface area contributed by atoms with Crippen LogP contribution >= 0.6 is 11.3 Å². The molecule has 1 aliphatic heterocycles. The minimum atomic E-state index is -2.83. The standard InChI is InChI=1S/C20H21N3O3S2/c1-25-16-5-3-15(4-6-16)14-23(20-22-10-12-27-20)28(2,24)17-7-8-18-19(13-17)26-11-9-21-18/h3-8,10,12-13,21H,2,9,11,14H2,1H3. The first-order chi connectivity index (χ1) is 13.6. The van der Waals surface area contributed by atoms with Gasteiger partial charge in [-0.25, -0.2) is 9.19 Å². The second kappa shape index (κ2) is 7.73. The van der Waals surface area contributed by atoms with Gasteiger partial charge in [-0.05, 0) is 41.8 Å². The van der Waals surface area contributed by atoms with Gasteiger partial charge in [0.1, 0.15) is 18.1 Å². The van der Waals surface area contributed by atoms with E-state index in [9.17, 15) is 4.21 Å². The van der Waals surface area contributed by atoms with Crippen molar-refractivity contribution in [3.8, 4) is 11.5 Å². The highest BCUT2D eigenvalue weighted by Crippen LogP contribution is 2.33. The van der Waals surface area contributed by atoms with E-state index >= 15 is 0 Å². The number of nitrogens with zero attached hydrogens (tertiary/aromatic N) is 2. The van der Waals surface area contributed by atoms with Crippen molar-refractivity contribution in [2.45, 2.75) is 11.4 Å². The van der Waals surface area contributed by atoms with Gasteiger partial charge in [0.25, 0.3) is 0 Å². The summed E-state index contributed by atoms with van der Waals surface area (Å²) in [5.74, 6) is 5.57. The Hall–Kier alpha value is -2.71. The molecule has 2 aromatic carbocycles. The van der Waals surface area contributed by atoms with Crippen LogP contribution < -0.4 is 19.1 Å². The van der Waals surface area contributed by atoms with Crippen LogP contribution in [-0.2, 0) is 16.3 Å². The van der Waals surface area contributed by atoms with Gasteiger partial charge >= 0.3 is 0 Å². The van der Waals surface area contributed by atoms with Crippen molar-refractivity contribution in [2.75, 3.05) is 29.9 Å². The van der Waals surface area contributed by atoms with Crippen LogP contribution in [0.15, 0.2) is 58.9 Å². The first-order valence-electron chi connectivity index (χ1n) is 8.76. The van der Waals surface area contributed by atoms with Crippen LogP contribution in [0, 0.1) is 0 Å². The largest absolute Gasteiger partial charge is 0.497 e. The second-order valence-corrected chi connectivity index (χ2v) is 9.34. The molecule has 146 valence electrons. The molecule has 8 heteroatoms. The van der Waals surface area contributed by atoms with Crippen LogP contribution in [0.4, 0.5) is 10.8 Å². The molecule has 0 fully saturated rings. The molecule has 6 nitrogen and oxygen atoms in total. The minimum Gasteiger partial charge on any atom is -0.497 e. The normalized spacial score (nSPS) is 14.9. The maximum Gasteiger partial charge on any atom is 0.197 e. The van der Waals surface area contributed by atoms with Crippen LogP contribution in [0.3, 0.4) is 0 Å². The molecule has 1 atom stereocenters. The van der Waals surface area contributed by atoms with E-state index in [1.165, 1.54) is 11.3 Å². The van der Waals surface area contributed by atoms with Crippen molar-refractivity contribution in [1.29, 1.82) is 0 Å². The molecule has 0 spiro atoms. The number of methoxy groups -OCH3 is 1. The third kappa shape index (κ3) is 3.65. The van der Waals surface area contributed by atoms with Gasteiger partial charge in [-0.2, -0.15) is 0 Å². The average molecular weight is 416 g/mol. The van der Waals surface area contributed by atoms with Crippen molar-refractivity contribution in [3.05, 3.63) is 59.6 Å². The van der Waals surface area contributed by atoms with Gasteiger partial charge in [0.15, 0.2) is 5.13 Å². The highest BCUT2D eigenvalue weighted by molar-refractivity contribution is 8.01. The van der Waals surface area contributed by atoms with Gasteiger partial charge in [-0.1, -0.05) is 12.1 Å². The van der Waals surface area contributed by atoms with Gasteiger partial charge in [-0.15, -0.1) is 11.3 Å². The van der Waals surface area contributed by atoms with Crippen molar-refractivity contribution in [2.24, 2.45) is 0 Å². The number of aromatic nitrogens is 1. The average Bonchev–Trinajstić information content (AvgIpc) is 3.26. The molecule has 1 aliphatic rings. The number of thiazole rings is 1. The number of ether oxygens (including phenoxy) is 2. The first-order valence-corrected chi connectivity index (χ1v) is 11.3. The topological polar surface area (TPSA) is 63.7 Å². The fourth-order valence-corrected chi connectivity index (χ4v) is 5.50. The number of hydrogen-bond donors (Lipinski definition) is 1. The van der Waals surface area contributed by atoms with E-state index in [0.717, 1.165) is 23.5 Å². The fourth-order valence-electron chi connectivity index (χ4n) is 2.97. The zero-order chi connectivity index (χ0) is 19.6. The number of rotatable bonds is 6. The molecule has 0 amide bonds. The Bertz CT molecular complexity index is 1050. The van der Waals surface area contributed by atoms with Crippen molar-refractivity contribution >= 4 is 37.7 Å². The molecule has 4 rings (SSSR count). The van der Waals surface area contributed by atoms with Crippen molar-refractivity contribution < 1.29 is 13.7 Å². The number of anilines is 2. The van der Waals surface area contributed by atoms with E-state index in [1.54, 1.807) is 17.6 Å². The Morgan fingerprint density at radius 1 is 1.32 bits per heavy atom. The van der Waals surface area contributed by atoms with Gasteiger partial charge in [0.05, 0.1) is 33.9 Å². The lowest BCUT2D eigenvalue weighted by Crippen LogP contribution is -2.30. The molecular weight excluding hydrogens is 394 g/mol. The van der Waals surface area contributed by atoms with Gasteiger partial charge in [0, 0.05) is 18.1 Å². The van der Waals surface area contributed by atoms with Crippen molar-refractivity contribution in [1.82, 2.24) is 4.98 Å². The lowest BCUT2D eigenvalue weighted by atomic mass is 10.2. The van der Waals surface area contributed by atoms with Crippen molar-refractivity contribution in [3.63, 3.8) is 0 Å². The summed E-state index contributed by atoms with van der Waals surface area (Å²) in [5, 5.41) is 5.80. The molecule has 0 aliphatic carbocycles. The molecule has 1 N–H and O–H groups in total. The van der Waals surface area contributed by atoms with Crippen LogP contribution in [0.2, 0.25) is 0 Å². The van der Waals surface area contributed by atoms with Crippen LogP contribution in [-0.4, -0.2) is 35.3 Å². The smallest absolute Gasteiger partial charge is 0.197 e. The molecule has 1 unspecified atom stereocenters. The Labute approximate surface area is 168 Å². The third-order valence-corrected chi connectivity index (χ3v) is 7.38. The van der Waals surface area contributed by atoms with Gasteiger partial charge < -0.3 is 14.8 Å². The van der Waals surface area contributed by atoms with E-state index in [1.807, 2.05) is 47.8 Å². The fraction of sp³-hybridized carbons (Fsp3) is 0.200. The van der Waals surface area contributed by atoms with E-state index in [4.69, 9.17) is 9.47 Å². The van der Waals surface area contributed by atoms with E-state index < -0.39 is 9.71 Å². The third-order valence-electron chi connectivity index (χ3n) is 4.47. The Balaban J connectivity index is 1.71. The molecule has 3 aromatic rings. The maximum absolute atomic E-state index is 13.9. The molecule has 28 heavy (non-hydrogen) atoms. The predicted molar refractivity (Wildman–Crippen MR) is 115 cm³/mol. The minimum absolute atomic E-state index is 0.413.